The number of carbonyl (C=O) groups excluding carboxylic acids is 1. The van der Waals surface area contributed by atoms with E-state index < -0.39 is 5.60 Å². The van der Waals surface area contributed by atoms with Crippen molar-refractivity contribution in [2.75, 3.05) is 6.54 Å². The molecule has 1 fully saturated rings. The van der Waals surface area contributed by atoms with Crippen LogP contribution in [0.4, 0.5) is 4.79 Å². The molecule has 0 radical (unpaired) electrons. The predicted molar refractivity (Wildman–Crippen MR) is 56.7 cm³/mol. The normalized spacial score (nSPS) is 18.9. The molecule has 0 aromatic carbocycles. The molecule has 1 aliphatic carbocycles. The van der Waals surface area contributed by atoms with E-state index in [0.29, 0.717) is 6.54 Å². The quantitative estimate of drug-likeness (QED) is 0.742. The van der Waals surface area contributed by atoms with Crippen molar-refractivity contribution in [2.24, 2.45) is 0 Å². The molecule has 0 saturated heterocycles. The first-order valence-electron chi connectivity index (χ1n) is 4.97. The van der Waals surface area contributed by atoms with Crippen LogP contribution in [0.1, 0.15) is 40.0 Å². The Kier molecular flexibility index (Phi) is 3.30. The summed E-state index contributed by atoms with van der Waals surface area (Å²) in [5.41, 5.74) is -0.428. The Morgan fingerprint density at radius 2 is 2.07 bits per heavy atom. The zero-order chi connectivity index (χ0) is 10.8. The van der Waals surface area contributed by atoms with Gasteiger partial charge in [-0.25, -0.2) is 4.79 Å². The number of halogens is 1. The Morgan fingerprint density at radius 1 is 1.50 bits per heavy atom. The minimum atomic E-state index is -0.428. The Morgan fingerprint density at radius 3 is 2.50 bits per heavy atom. The lowest BCUT2D eigenvalue weighted by molar-refractivity contribution is 0.0527. The van der Waals surface area contributed by atoms with Gasteiger partial charge in [0.15, 0.2) is 0 Å². The molecule has 1 N–H and O–H groups in total. The molecule has 4 heteroatoms. The Labute approximate surface area is 90.1 Å². The molecule has 0 atom stereocenters. The summed E-state index contributed by atoms with van der Waals surface area (Å²) in [6.45, 7) is 6.13. The molecule has 82 valence electrons. The van der Waals surface area contributed by atoms with Gasteiger partial charge in [0.05, 0.1) is 0 Å². The summed E-state index contributed by atoms with van der Waals surface area (Å²) < 4.78 is 5.08. The van der Waals surface area contributed by atoms with Crippen LogP contribution in [0.25, 0.3) is 0 Å². The van der Waals surface area contributed by atoms with Crippen molar-refractivity contribution in [1.82, 2.24) is 5.32 Å². The lowest BCUT2D eigenvalue weighted by atomic mass is 10.2. The van der Waals surface area contributed by atoms with Gasteiger partial charge < -0.3 is 10.1 Å². The number of alkyl carbamates (subject to hydrolysis) is 1. The monoisotopic (exact) mass is 219 g/mol. The Bertz CT molecular complexity index is 219. The fraction of sp³-hybridized carbons (Fsp3) is 0.900. The summed E-state index contributed by atoms with van der Waals surface area (Å²) in [4.78, 5) is 11.2. The zero-order valence-corrected chi connectivity index (χ0v) is 9.78. The van der Waals surface area contributed by atoms with Crippen molar-refractivity contribution in [2.45, 2.75) is 50.5 Å². The summed E-state index contributed by atoms with van der Waals surface area (Å²) in [6, 6.07) is 0. The highest BCUT2D eigenvalue weighted by Gasteiger charge is 2.39. The van der Waals surface area contributed by atoms with Gasteiger partial charge >= 0.3 is 6.09 Å². The minimum Gasteiger partial charge on any atom is -0.444 e. The number of hydrogen-bond acceptors (Lipinski definition) is 2. The van der Waals surface area contributed by atoms with Crippen molar-refractivity contribution in [3.05, 3.63) is 0 Å². The van der Waals surface area contributed by atoms with Gasteiger partial charge in [-0.3, -0.25) is 0 Å². The number of carbonyl (C=O) groups is 1. The minimum absolute atomic E-state index is 0.0327. The maximum atomic E-state index is 11.2. The van der Waals surface area contributed by atoms with Crippen molar-refractivity contribution < 1.29 is 9.53 Å². The van der Waals surface area contributed by atoms with Gasteiger partial charge in [-0.2, -0.15) is 0 Å². The summed E-state index contributed by atoms with van der Waals surface area (Å²) in [7, 11) is 0. The van der Waals surface area contributed by atoms with Crippen LogP contribution in [-0.2, 0) is 4.74 Å². The van der Waals surface area contributed by atoms with E-state index in [-0.39, 0.29) is 11.0 Å². The number of amides is 1. The van der Waals surface area contributed by atoms with Crippen LogP contribution in [0.15, 0.2) is 0 Å². The highest BCUT2D eigenvalue weighted by molar-refractivity contribution is 6.25. The van der Waals surface area contributed by atoms with E-state index in [9.17, 15) is 4.79 Å². The lowest BCUT2D eigenvalue weighted by Crippen LogP contribution is -2.33. The van der Waals surface area contributed by atoms with Gasteiger partial charge in [0.1, 0.15) is 5.60 Å². The van der Waals surface area contributed by atoms with Gasteiger partial charge in [-0.15, -0.1) is 11.6 Å². The summed E-state index contributed by atoms with van der Waals surface area (Å²) >= 11 is 6.07. The van der Waals surface area contributed by atoms with Crippen molar-refractivity contribution in [3.63, 3.8) is 0 Å². The largest absolute Gasteiger partial charge is 0.444 e. The van der Waals surface area contributed by atoms with Gasteiger partial charge in [-0.05, 0) is 40.0 Å². The Hall–Kier alpha value is -0.440. The summed E-state index contributed by atoms with van der Waals surface area (Å²) in [5, 5.41) is 2.69. The third-order valence-corrected chi connectivity index (χ3v) is 2.60. The van der Waals surface area contributed by atoms with Crippen molar-refractivity contribution >= 4 is 17.7 Å². The number of hydrogen-bond donors (Lipinski definition) is 1. The standard InChI is InChI=1S/C10H18ClNO2/c1-9(2,3)14-8(13)12-7-6-10(11)4-5-10/h4-7H2,1-3H3,(H,12,13). The molecule has 3 nitrogen and oxygen atoms in total. The number of alkyl halides is 1. The topological polar surface area (TPSA) is 38.3 Å². The lowest BCUT2D eigenvalue weighted by Gasteiger charge is -2.19. The SMILES string of the molecule is CC(C)(C)OC(=O)NCCC1(Cl)CC1. The van der Waals surface area contributed by atoms with E-state index in [2.05, 4.69) is 5.32 Å². The summed E-state index contributed by atoms with van der Waals surface area (Å²) in [5.74, 6) is 0. The third kappa shape index (κ3) is 4.70. The van der Waals surface area contributed by atoms with Crippen LogP contribution < -0.4 is 5.32 Å². The smallest absolute Gasteiger partial charge is 0.407 e. The molecular weight excluding hydrogens is 202 g/mol. The van der Waals surface area contributed by atoms with E-state index in [1.54, 1.807) is 0 Å². The second-order valence-corrected chi connectivity index (χ2v) is 5.63. The molecule has 1 rings (SSSR count). The van der Waals surface area contributed by atoms with Crippen LogP contribution in [0.2, 0.25) is 0 Å². The first kappa shape index (κ1) is 11.6. The molecule has 0 bridgehead atoms. The summed E-state index contributed by atoms with van der Waals surface area (Å²) in [6.07, 6.45) is 2.58. The second-order valence-electron chi connectivity index (χ2n) is 4.83. The maximum absolute atomic E-state index is 11.2. The van der Waals surface area contributed by atoms with E-state index in [1.807, 2.05) is 20.8 Å². The third-order valence-electron chi connectivity index (χ3n) is 2.03. The van der Waals surface area contributed by atoms with E-state index in [1.165, 1.54) is 0 Å². The highest BCUT2D eigenvalue weighted by Crippen LogP contribution is 2.45. The van der Waals surface area contributed by atoms with Gasteiger partial charge in [-0.1, -0.05) is 0 Å². The molecule has 0 unspecified atom stereocenters. The molecule has 0 spiro atoms. The first-order valence-corrected chi connectivity index (χ1v) is 5.34. The molecule has 0 heterocycles. The van der Waals surface area contributed by atoms with E-state index in [0.717, 1.165) is 19.3 Å². The van der Waals surface area contributed by atoms with Crippen LogP contribution in [0, 0.1) is 0 Å². The number of rotatable bonds is 3. The average Bonchev–Trinajstić information content (AvgIpc) is 2.64. The van der Waals surface area contributed by atoms with Crippen LogP contribution in [-0.4, -0.2) is 23.1 Å². The Balaban J connectivity index is 2.09. The molecule has 0 aromatic rings. The van der Waals surface area contributed by atoms with Crippen molar-refractivity contribution in [3.8, 4) is 0 Å². The average molecular weight is 220 g/mol. The molecule has 1 aliphatic rings. The molecule has 1 amide bonds. The van der Waals surface area contributed by atoms with Crippen LogP contribution in [0.3, 0.4) is 0 Å². The maximum Gasteiger partial charge on any atom is 0.407 e. The molecule has 0 aromatic heterocycles. The van der Waals surface area contributed by atoms with Gasteiger partial charge in [0.2, 0.25) is 0 Å². The predicted octanol–water partition coefficient (Wildman–Crippen LogP) is 2.67. The van der Waals surface area contributed by atoms with Crippen LogP contribution >= 0.6 is 11.6 Å². The number of ether oxygens (including phenoxy) is 1. The van der Waals surface area contributed by atoms with E-state index in [4.69, 9.17) is 16.3 Å². The molecule has 0 aliphatic heterocycles. The molecular formula is C10H18ClNO2. The molecule has 14 heavy (non-hydrogen) atoms. The van der Waals surface area contributed by atoms with Crippen LogP contribution in [0.5, 0.6) is 0 Å². The second kappa shape index (κ2) is 3.97. The van der Waals surface area contributed by atoms with Crippen molar-refractivity contribution in [1.29, 1.82) is 0 Å². The fourth-order valence-electron chi connectivity index (χ4n) is 1.09. The van der Waals surface area contributed by atoms with E-state index >= 15 is 0 Å². The molecule has 1 saturated carbocycles. The zero-order valence-electron chi connectivity index (χ0n) is 9.02. The van der Waals surface area contributed by atoms with Gasteiger partial charge in [0, 0.05) is 11.4 Å². The van der Waals surface area contributed by atoms with Gasteiger partial charge in [0.25, 0.3) is 0 Å². The first-order chi connectivity index (χ1) is 6.31. The highest BCUT2D eigenvalue weighted by atomic mass is 35.5. The fourth-order valence-corrected chi connectivity index (χ4v) is 1.28. The number of nitrogens with one attached hydrogen (secondary N) is 1.